The second kappa shape index (κ2) is 6.57. The second-order valence-electron chi connectivity index (χ2n) is 3.96. The molecule has 0 N–H and O–H groups in total. The van der Waals surface area contributed by atoms with Crippen LogP contribution in [-0.4, -0.2) is 13.1 Å². The number of rotatable bonds is 2. The second-order valence-corrected chi connectivity index (χ2v) is 3.96. The number of nitrogens with zero attached hydrogens (tertiary/aromatic N) is 1. The fourth-order valence-corrected chi connectivity index (χ4v) is 2.43. The number of hydrogen-bond donors (Lipinski definition) is 0. The van der Waals surface area contributed by atoms with Crippen LogP contribution < -0.4 is 4.90 Å². The van der Waals surface area contributed by atoms with Gasteiger partial charge in [0.2, 0.25) is 0 Å². The van der Waals surface area contributed by atoms with E-state index in [-0.39, 0.29) is 0 Å². The molecule has 2 rings (SSSR count). The zero-order chi connectivity index (χ0) is 12.0. The lowest BCUT2D eigenvalue weighted by atomic mass is 9.96. The fraction of sp³-hybridized carbons (Fsp3) is 0.600. The summed E-state index contributed by atoms with van der Waals surface area (Å²) in [6.07, 6.45) is 3.73. The third kappa shape index (κ3) is 2.58. The van der Waals surface area contributed by atoms with Gasteiger partial charge in [-0.2, -0.15) is 0 Å². The molecule has 1 nitrogen and oxygen atoms in total. The van der Waals surface area contributed by atoms with Gasteiger partial charge in [0.25, 0.3) is 0 Å². The Morgan fingerprint density at radius 3 is 2.56 bits per heavy atom. The van der Waals surface area contributed by atoms with E-state index in [1.807, 2.05) is 13.8 Å². The number of benzene rings is 1. The largest absolute Gasteiger partial charge is 0.371 e. The first kappa shape index (κ1) is 13.1. The maximum Gasteiger partial charge on any atom is 0.0431 e. The lowest BCUT2D eigenvalue weighted by Crippen LogP contribution is -2.29. The SMILES string of the molecule is CC.CCc1cccc2c1N(CC)CCC2. The van der Waals surface area contributed by atoms with Crippen LogP contribution in [0, 0.1) is 0 Å². The van der Waals surface area contributed by atoms with Crippen molar-refractivity contribution >= 4 is 5.69 Å². The molecule has 1 aliphatic rings. The van der Waals surface area contributed by atoms with E-state index in [9.17, 15) is 0 Å². The number of fused-ring (bicyclic) bond motifs is 1. The third-order valence-electron chi connectivity index (χ3n) is 3.16. The molecule has 1 aromatic rings. The average Bonchev–Trinajstić information content (AvgIpc) is 2.39. The smallest absolute Gasteiger partial charge is 0.0431 e. The van der Waals surface area contributed by atoms with Crippen molar-refractivity contribution in [1.29, 1.82) is 0 Å². The monoisotopic (exact) mass is 219 g/mol. The molecule has 0 fully saturated rings. The predicted octanol–water partition coefficient (Wildman–Crippen LogP) is 4.05. The first-order valence-corrected chi connectivity index (χ1v) is 6.72. The van der Waals surface area contributed by atoms with Crippen molar-refractivity contribution in [2.75, 3.05) is 18.0 Å². The zero-order valence-corrected chi connectivity index (χ0v) is 11.2. The van der Waals surface area contributed by atoms with E-state index in [4.69, 9.17) is 0 Å². The first-order chi connectivity index (χ1) is 7.86. The molecule has 1 heteroatoms. The molecule has 0 saturated heterocycles. The van der Waals surface area contributed by atoms with Crippen molar-refractivity contribution in [2.45, 2.75) is 47.0 Å². The van der Waals surface area contributed by atoms with Gasteiger partial charge in [-0.3, -0.25) is 0 Å². The normalized spacial score (nSPS) is 13.9. The molecule has 0 aliphatic carbocycles. The highest BCUT2D eigenvalue weighted by atomic mass is 15.1. The van der Waals surface area contributed by atoms with E-state index in [1.54, 1.807) is 5.56 Å². The van der Waals surface area contributed by atoms with Gasteiger partial charge in [-0.25, -0.2) is 0 Å². The van der Waals surface area contributed by atoms with E-state index in [2.05, 4.69) is 36.9 Å². The number of hydrogen-bond acceptors (Lipinski definition) is 1. The maximum absolute atomic E-state index is 2.53. The van der Waals surface area contributed by atoms with Crippen molar-refractivity contribution in [3.05, 3.63) is 29.3 Å². The molecule has 0 saturated carbocycles. The summed E-state index contributed by atoms with van der Waals surface area (Å²) in [7, 11) is 0. The minimum atomic E-state index is 1.14. The molecule has 16 heavy (non-hydrogen) atoms. The van der Waals surface area contributed by atoms with Gasteiger partial charge in [-0.1, -0.05) is 39.0 Å². The quantitative estimate of drug-likeness (QED) is 0.725. The van der Waals surface area contributed by atoms with Crippen LogP contribution in [0.4, 0.5) is 5.69 Å². The first-order valence-electron chi connectivity index (χ1n) is 6.72. The van der Waals surface area contributed by atoms with Gasteiger partial charge < -0.3 is 4.90 Å². The van der Waals surface area contributed by atoms with E-state index >= 15 is 0 Å². The number of aryl methyl sites for hydroxylation is 2. The lowest BCUT2D eigenvalue weighted by Gasteiger charge is -2.32. The summed E-state index contributed by atoms with van der Waals surface area (Å²) < 4.78 is 0. The Labute approximate surface area is 100 Å². The topological polar surface area (TPSA) is 3.24 Å². The Morgan fingerprint density at radius 1 is 1.19 bits per heavy atom. The summed E-state index contributed by atoms with van der Waals surface area (Å²) in [6, 6.07) is 6.76. The third-order valence-corrected chi connectivity index (χ3v) is 3.16. The van der Waals surface area contributed by atoms with Gasteiger partial charge >= 0.3 is 0 Å². The van der Waals surface area contributed by atoms with E-state index in [1.165, 1.54) is 30.6 Å². The molecule has 0 unspecified atom stereocenters. The minimum absolute atomic E-state index is 1.14. The molecule has 1 heterocycles. The Bertz CT molecular complexity index is 303. The molecule has 1 aromatic carbocycles. The van der Waals surface area contributed by atoms with Gasteiger partial charge in [0.1, 0.15) is 0 Å². The van der Waals surface area contributed by atoms with Crippen LogP contribution >= 0.6 is 0 Å². The predicted molar refractivity (Wildman–Crippen MR) is 73.4 cm³/mol. The highest BCUT2D eigenvalue weighted by molar-refractivity contribution is 5.61. The van der Waals surface area contributed by atoms with E-state index < -0.39 is 0 Å². The number of para-hydroxylation sites is 1. The fourth-order valence-electron chi connectivity index (χ4n) is 2.43. The minimum Gasteiger partial charge on any atom is -0.371 e. The van der Waals surface area contributed by atoms with Crippen molar-refractivity contribution < 1.29 is 0 Å². The van der Waals surface area contributed by atoms with Crippen LogP contribution in [0.2, 0.25) is 0 Å². The van der Waals surface area contributed by atoms with Gasteiger partial charge in [0, 0.05) is 18.8 Å². The summed E-state index contributed by atoms with van der Waals surface area (Å²) in [5.74, 6) is 0. The lowest BCUT2D eigenvalue weighted by molar-refractivity contribution is 0.703. The van der Waals surface area contributed by atoms with Crippen LogP contribution in [0.1, 0.15) is 45.2 Å². The van der Waals surface area contributed by atoms with Crippen molar-refractivity contribution in [3.63, 3.8) is 0 Å². The molecule has 0 radical (unpaired) electrons. The zero-order valence-electron chi connectivity index (χ0n) is 11.2. The van der Waals surface area contributed by atoms with E-state index in [0.717, 1.165) is 13.0 Å². The van der Waals surface area contributed by atoms with Gasteiger partial charge in [0.15, 0.2) is 0 Å². The molecule has 0 bridgehead atoms. The summed E-state index contributed by atoms with van der Waals surface area (Å²) in [5.41, 5.74) is 4.60. The molecule has 1 aliphatic heterocycles. The Kier molecular flexibility index (Phi) is 5.37. The van der Waals surface area contributed by atoms with Gasteiger partial charge in [-0.15, -0.1) is 0 Å². The maximum atomic E-state index is 2.53. The Hall–Kier alpha value is -0.980. The van der Waals surface area contributed by atoms with Crippen LogP contribution in [-0.2, 0) is 12.8 Å². The van der Waals surface area contributed by atoms with Crippen LogP contribution in [0.5, 0.6) is 0 Å². The summed E-state index contributed by atoms with van der Waals surface area (Å²) in [5, 5.41) is 0. The molecule has 0 atom stereocenters. The van der Waals surface area contributed by atoms with Crippen molar-refractivity contribution in [3.8, 4) is 0 Å². The van der Waals surface area contributed by atoms with Gasteiger partial charge in [0.05, 0.1) is 0 Å². The Morgan fingerprint density at radius 2 is 1.94 bits per heavy atom. The van der Waals surface area contributed by atoms with Crippen LogP contribution in [0.15, 0.2) is 18.2 Å². The van der Waals surface area contributed by atoms with Crippen molar-refractivity contribution in [1.82, 2.24) is 0 Å². The summed E-state index contributed by atoms with van der Waals surface area (Å²) in [4.78, 5) is 2.53. The highest BCUT2D eigenvalue weighted by Gasteiger charge is 2.17. The standard InChI is InChI=1S/C13H19N.C2H6/c1-3-11-7-5-8-12-9-6-10-14(4-2)13(11)12;1-2/h5,7-8H,3-4,6,9-10H2,1-2H3;1-2H3. The molecule has 90 valence electrons. The molecule has 0 amide bonds. The van der Waals surface area contributed by atoms with Crippen molar-refractivity contribution in [2.24, 2.45) is 0 Å². The van der Waals surface area contributed by atoms with Gasteiger partial charge in [-0.05, 0) is 37.3 Å². The Balaban J connectivity index is 0.000000606. The van der Waals surface area contributed by atoms with Crippen LogP contribution in [0.3, 0.4) is 0 Å². The molecular weight excluding hydrogens is 194 g/mol. The average molecular weight is 219 g/mol. The summed E-state index contributed by atoms with van der Waals surface area (Å²) in [6.45, 7) is 10.9. The molecular formula is C15H25N. The highest BCUT2D eigenvalue weighted by Crippen LogP contribution is 2.30. The molecule has 0 spiro atoms. The van der Waals surface area contributed by atoms with E-state index in [0.29, 0.717) is 0 Å². The summed E-state index contributed by atoms with van der Waals surface area (Å²) >= 11 is 0. The molecule has 0 aromatic heterocycles. The number of anilines is 1. The van der Waals surface area contributed by atoms with Crippen LogP contribution in [0.25, 0.3) is 0 Å².